The first-order chi connectivity index (χ1) is 16.4. The zero-order valence-corrected chi connectivity index (χ0v) is 20.8. The third-order valence-corrected chi connectivity index (χ3v) is 7.46. The summed E-state index contributed by atoms with van der Waals surface area (Å²) in [5.74, 6) is 0.890. The summed E-state index contributed by atoms with van der Waals surface area (Å²) in [7, 11) is 1.71. The second kappa shape index (κ2) is 8.87. The molecule has 1 amide bonds. The molecule has 4 heterocycles. The number of piperidine rings is 1. The van der Waals surface area contributed by atoms with E-state index in [-0.39, 0.29) is 5.91 Å². The molecule has 4 aromatic rings. The summed E-state index contributed by atoms with van der Waals surface area (Å²) >= 11 is 0. The zero-order chi connectivity index (χ0) is 24.0. The SMILES string of the molecule is CNC(=O)CN1CCCC(c2ccc3[nH]c(-c4cn5ncnc5c(C)c4C)c(C(C)C)c3c2)C1. The number of pyridine rings is 1. The lowest BCUT2D eigenvalue weighted by atomic mass is 9.88. The van der Waals surface area contributed by atoms with E-state index in [0.29, 0.717) is 18.4 Å². The Morgan fingerprint density at radius 2 is 2.09 bits per heavy atom. The molecule has 2 N–H and O–H groups in total. The van der Waals surface area contributed by atoms with Crippen LogP contribution in [0.1, 0.15) is 60.8 Å². The minimum absolute atomic E-state index is 0.0866. The van der Waals surface area contributed by atoms with Gasteiger partial charge in [-0.15, -0.1) is 0 Å². The second-order valence-electron chi connectivity index (χ2n) is 9.94. The van der Waals surface area contributed by atoms with Gasteiger partial charge in [0.1, 0.15) is 6.33 Å². The summed E-state index contributed by atoms with van der Waals surface area (Å²) in [4.78, 5) is 22.3. The quantitative estimate of drug-likeness (QED) is 0.460. The van der Waals surface area contributed by atoms with E-state index in [0.717, 1.165) is 42.7 Å². The first kappa shape index (κ1) is 22.6. The van der Waals surface area contributed by atoms with Crippen LogP contribution < -0.4 is 5.32 Å². The summed E-state index contributed by atoms with van der Waals surface area (Å²) < 4.78 is 1.88. The predicted octanol–water partition coefficient (Wildman–Crippen LogP) is 4.54. The Morgan fingerprint density at radius 3 is 2.85 bits per heavy atom. The number of fused-ring (bicyclic) bond motifs is 2. The summed E-state index contributed by atoms with van der Waals surface area (Å²) in [6.07, 6.45) is 5.99. The van der Waals surface area contributed by atoms with E-state index < -0.39 is 0 Å². The highest BCUT2D eigenvalue weighted by Crippen LogP contribution is 2.39. The minimum Gasteiger partial charge on any atom is -0.358 e. The fourth-order valence-corrected chi connectivity index (χ4v) is 5.50. The van der Waals surface area contributed by atoms with Crippen molar-refractivity contribution in [2.45, 2.75) is 52.4 Å². The number of benzene rings is 1. The van der Waals surface area contributed by atoms with Crippen molar-refractivity contribution in [3.63, 3.8) is 0 Å². The van der Waals surface area contributed by atoms with Crippen molar-refractivity contribution < 1.29 is 4.79 Å². The second-order valence-corrected chi connectivity index (χ2v) is 9.94. The Morgan fingerprint density at radius 1 is 1.26 bits per heavy atom. The van der Waals surface area contributed by atoms with Gasteiger partial charge < -0.3 is 10.3 Å². The van der Waals surface area contributed by atoms with Crippen LogP contribution in [-0.2, 0) is 4.79 Å². The molecule has 5 rings (SSSR count). The summed E-state index contributed by atoms with van der Waals surface area (Å²) in [5, 5.41) is 8.45. The van der Waals surface area contributed by atoms with E-state index in [9.17, 15) is 4.79 Å². The third-order valence-electron chi connectivity index (χ3n) is 7.46. The molecule has 1 aromatic carbocycles. The number of hydrogen-bond donors (Lipinski definition) is 2. The van der Waals surface area contributed by atoms with Crippen molar-refractivity contribution >= 4 is 22.5 Å². The van der Waals surface area contributed by atoms with Crippen molar-refractivity contribution in [3.05, 3.63) is 53.0 Å². The number of H-pyrrole nitrogens is 1. The number of aromatic nitrogens is 4. The first-order valence-electron chi connectivity index (χ1n) is 12.3. The summed E-state index contributed by atoms with van der Waals surface area (Å²) in [5.41, 5.74) is 9.50. The molecule has 178 valence electrons. The highest BCUT2D eigenvalue weighted by atomic mass is 16.1. The van der Waals surface area contributed by atoms with Crippen molar-refractivity contribution in [3.8, 4) is 11.3 Å². The van der Waals surface area contributed by atoms with Crippen molar-refractivity contribution in [1.29, 1.82) is 0 Å². The van der Waals surface area contributed by atoms with Crippen LogP contribution in [0.2, 0.25) is 0 Å². The first-order valence-corrected chi connectivity index (χ1v) is 12.3. The molecule has 0 aliphatic carbocycles. The number of carbonyl (C=O) groups is 1. The Bertz CT molecular complexity index is 1360. The highest BCUT2D eigenvalue weighted by molar-refractivity contribution is 5.92. The van der Waals surface area contributed by atoms with Crippen LogP contribution in [0.15, 0.2) is 30.7 Å². The van der Waals surface area contributed by atoms with Crippen LogP contribution in [-0.4, -0.2) is 57.1 Å². The van der Waals surface area contributed by atoms with E-state index >= 15 is 0 Å². The monoisotopic (exact) mass is 458 g/mol. The van der Waals surface area contributed by atoms with Gasteiger partial charge in [0.25, 0.3) is 0 Å². The number of likely N-dealkylation sites (N-methyl/N-ethyl adjacent to an activating group) is 1. The Labute approximate surface area is 200 Å². The molecule has 0 spiro atoms. The standard InChI is InChI=1S/C27H34N6O/c1-16(2)25-21-11-19(20-7-6-10-32(12-20)14-24(34)28-5)8-9-23(21)31-26(25)22-13-33-27(29-15-30-33)18(4)17(22)3/h8-9,11,13,15-16,20,31H,6-7,10,12,14H2,1-5H3,(H,28,34). The van der Waals surface area contributed by atoms with Gasteiger partial charge in [-0.2, -0.15) is 5.10 Å². The number of hydrogen-bond acceptors (Lipinski definition) is 4. The molecule has 1 fully saturated rings. The fraction of sp³-hybridized carbons (Fsp3) is 0.444. The Hall–Kier alpha value is -3.19. The van der Waals surface area contributed by atoms with Gasteiger partial charge in [-0.05, 0) is 79.5 Å². The van der Waals surface area contributed by atoms with E-state index in [1.165, 1.54) is 33.3 Å². The average molecular weight is 459 g/mol. The van der Waals surface area contributed by atoms with Gasteiger partial charge in [-0.1, -0.05) is 19.9 Å². The van der Waals surface area contributed by atoms with Crippen LogP contribution in [0.25, 0.3) is 27.8 Å². The third kappa shape index (κ3) is 3.88. The van der Waals surface area contributed by atoms with Crippen LogP contribution in [0.3, 0.4) is 0 Å². The van der Waals surface area contributed by atoms with Crippen LogP contribution in [0, 0.1) is 13.8 Å². The van der Waals surface area contributed by atoms with Crippen molar-refractivity contribution in [2.24, 2.45) is 0 Å². The van der Waals surface area contributed by atoms with E-state index in [2.05, 4.69) is 77.4 Å². The van der Waals surface area contributed by atoms with Crippen molar-refractivity contribution in [1.82, 2.24) is 29.8 Å². The maximum absolute atomic E-state index is 11.9. The lowest BCUT2D eigenvalue weighted by Gasteiger charge is -2.32. The number of rotatable bonds is 5. The summed E-state index contributed by atoms with van der Waals surface area (Å²) in [6.45, 7) is 11.2. The lowest BCUT2D eigenvalue weighted by molar-refractivity contribution is -0.122. The van der Waals surface area contributed by atoms with Gasteiger partial charge >= 0.3 is 0 Å². The van der Waals surface area contributed by atoms with Crippen LogP contribution in [0.4, 0.5) is 0 Å². The highest BCUT2D eigenvalue weighted by Gasteiger charge is 2.25. The Kier molecular flexibility index (Phi) is 5.90. The molecular formula is C27H34N6O. The zero-order valence-electron chi connectivity index (χ0n) is 20.8. The molecule has 0 radical (unpaired) electrons. The van der Waals surface area contributed by atoms with Gasteiger partial charge in [-0.3, -0.25) is 9.69 Å². The van der Waals surface area contributed by atoms with Gasteiger partial charge in [0.2, 0.25) is 5.91 Å². The topological polar surface area (TPSA) is 78.3 Å². The maximum Gasteiger partial charge on any atom is 0.233 e. The molecule has 7 heteroatoms. The fourth-order valence-electron chi connectivity index (χ4n) is 5.50. The van der Waals surface area contributed by atoms with Crippen LogP contribution in [0.5, 0.6) is 0 Å². The van der Waals surface area contributed by atoms with Gasteiger partial charge in [-0.25, -0.2) is 9.50 Å². The number of aryl methyl sites for hydroxylation is 1. The van der Waals surface area contributed by atoms with E-state index in [1.807, 2.05) is 4.52 Å². The number of aromatic amines is 1. The number of amides is 1. The molecule has 1 atom stereocenters. The smallest absolute Gasteiger partial charge is 0.233 e. The number of nitrogens with zero attached hydrogens (tertiary/aromatic N) is 4. The number of carbonyl (C=O) groups excluding carboxylic acids is 1. The lowest BCUT2D eigenvalue weighted by Crippen LogP contribution is -2.41. The van der Waals surface area contributed by atoms with Crippen LogP contribution >= 0.6 is 0 Å². The normalized spacial score (nSPS) is 17.2. The van der Waals surface area contributed by atoms with E-state index in [4.69, 9.17) is 0 Å². The largest absolute Gasteiger partial charge is 0.358 e. The van der Waals surface area contributed by atoms with Crippen molar-refractivity contribution in [2.75, 3.05) is 26.7 Å². The number of nitrogens with one attached hydrogen (secondary N) is 2. The molecule has 3 aromatic heterocycles. The van der Waals surface area contributed by atoms with Gasteiger partial charge in [0.05, 0.1) is 12.2 Å². The average Bonchev–Trinajstić information content (AvgIpc) is 3.45. The summed E-state index contributed by atoms with van der Waals surface area (Å²) in [6, 6.07) is 6.88. The molecule has 0 bridgehead atoms. The minimum atomic E-state index is 0.0866. The molecule has 1 aliphatic heterocycles. The Balaban J connectivity index is 1.57. The van der Waals surface area contributed by atoms with E-state index in [1.54, 1.807) is 13.4 Å². The molecule has 1 aliphatic rings. The molecule has 34 heavy (non-hydrogen) atoms. The predicted molar refractivity (Wildman–Crippen MR) is 136 cm³/mol. The van der Waals surface area contributed by atoms with Gasteiger partial charge in [0.15, 0.2) is 5.65 Å². The molecule has 1 saturated heterocycles. The maximum atomic E-state index is 11.9. The van der Waals surface area contributed by atoms with Gasteiger partial charge in [0, 0.05) is 36.3 Å². The molecule has 0 saturated carbocycles. The molecule has 7 nitrogen and oxygen atoms in total. The number of likely N-dealkylation sites (tertiary alicyclic amines) is 1. The molecule has 1 unspecified atom stereocenters. The molecular weight excluding hydrogens is 424 g/mol.